The topological polar surface area (TPSA) is 84.4 Å². The number of fused-ring (bicyclic) bond motifs is 2. The molecule has 25 heavy (non-hydrogen) atoms. The Labute approximate surface area is 143 Å². The number of hydrogen-bond donors (Lipinski definition) is 2. The highest BCUT2D eigenvalue weighted by Gasteiger charge is 2.22. The van der Waals surface area contributed by atoms with Crippen LogP contribution in [0.3, 0.4) is 0 Å². The lowest BCUT2D eigenvalue weighted by Gasteiger charge is -2.19. The molecule has 6 nitrogen and oxygen atoms in total. The van der Waals surface area contributed by atoms with E-state index in [4.69, 9.17) is 9.47 Å². The van der Waals surface area contributed by atoms with Crippen LogP contribution in [0.5, 0.6) is 23.1 Å². The third-order valence-electron chi connectivity index (χ3n) is 4.06. The summed E-state index contributed by atoms with van der Waals surface area (Å²) in [7, 11) is 0. The Morgan fingerprint density at radius 1 is 1.28 bits per heavy atom. The number of benzene rings is 2. The maximum absolute atomic E-state index is 12.5. The van der Waals surface area contributed by atoms with E-state index in [0.29, 0.717) is 47.4 Å². The van der Waals surface area contributed by atoms with E-state index >= 15 is 0 Å². The Balaban J connectivity index is 1.76. The van der Waals surface area contributed by atoms with Gasteiger partial charge in [-0.05, 0) is 36.8 Å². The number of para-hydroxylation sites is 1. The summed E-state index contributed by atoms with van der Waals surface area (Å²) in [6.45, 7) is 2.29. The van der Waals surface area contributed by atoms with Gasteiger partial charge in [0.1, 0.15) is 11.6 Å². The average molecular weight is 336 g/mol. The van der Waals surface area contributed by atoms with Crippen LogP contribution < -0.4 is 15.0 Å². The molecule has 6 heteroatoms. The Morgan fingerprint density at radius 2 is 2.12 bits per heavy atom. The molecule has 126 valence electrons. The van der Waals surface area contributed by atoms with Gasteiger partial charge in [0, 0.05) is 12.0 Å². The summed E-state index contributed by atoms with van der Waals surface area (Å²) in [6.07, 6.45) is 0.475. The quantitative estimate of drug-likeness (QED) is 0.600. The number of H-pyrrole nitrogens is 1. The van der Waals surface area contributed by atoms with Crippen molar-refractivity contribution in [1.29, 1.82) is 0 Å². The third kappa shape index (κ3) is 2.71. The Kier molecular flexibility index (Phi) is 3.65. The van der Waals surface area contributed by atoms with Crippen molar-refractivity contribution in [2.24, 2.45) is 0 Å². The molecule has 4 rings (SSSR count). The minimum absolute atomic E-state index is 0.00835. The highest BCUT2D eigenvalue weighted by molar-refractivity contribution is 5.62. The second-order valence-corrected chi connectivity index (χ2v) is 5.70. The van der Waals surface area contributed by atoms with Crippen molar-refractivity contribution in [3.05, 3.63) is 63.9 Å². The molecule has 2 heterocycles. The summed E-state index contributed by atoms with van der Waals surface area (Å²) >= 11 is 0. The van der Waals surface area contributed by atoms with Gasteiger partial charge in [-0.15, -0.1) is 0 Å². The zero-order valence-corrected chi connectivity index (χ0v) is 13.6. The predicted octanol–water partition coefficient (Wildman–Crippen LogP) is 3.24. The lowest BCUT2D eigenvalue weighted by atomic mass is 10.0. The van der Waals surface area contributed by atoms with Crippen LogP contribution in [0.25, 0.3) is 11.4 Å². The fourth-order valence-electron chi connectivity index (χ4n) is 2.84. The lowest BCUT2D eigenvalue weighted by molar-refractivity contribution is 0.318. The van der Waals surface area contributed by atoms with E-state index in [1.165, 1.54) is 6.07 Å². The summed E-state index contributed by atoms with van der Waals surface area (Å²) in [4.78, 5) is 19.7. The minimum Gasteiger partial charge on any atom is -0.504 e. The second-order valence-electron chi connectivity index (χ2n) is 5.70. The van der Waals surface area contributed by atoms with Crippen LogP contribution in [0.2, 0.25) is 0 Å². The fraction of sp³-hybridized carbons (Fsp3) is 0.158. The average Bonchev–Trinajstić information content (AvgIpc) is 2.62. The van der Waals surface area contributed by atoms with E-state index in [2.05, 4.69) is 9.97 Å². The first kappa shape index (κ1) is 15.3. The summed E-state index contributed by atoms with van der Waals surface area (Å²) in [5.74, 6) is 1.71. The van der Waals surface area contributed by atoms with Gasteiger partial charge in [0.05, 0.1) is 12.2 Å². The highest BCUT2D eigenvalue weighted by atomic mass is 16.5. The zero-order chi connectivity index (χ0) is 17.4. The molecular weight excluding hydrogens is 320 g/mol. The van der Waals surface area contributed by atoms with E-state index in [9.17, 15) is 9.90 Å². The monoisotopic (exact) mass is 336 g/mol. The maximum atomic E-state index is 12.5. The normalized spacial score (nSPS) is 12.0. The van der Waals surface area contributed by atoms with Gasteiger partial charge in [-0.1, -0.05) is 18.2 Å². The molecule has 0 saturated heterocycles. The van der Waals surface area contributed by atoms with Gasteiger partial charge in [0.25, 0.3) is 5.56 Å². The molecule has 0 aliphatic carbocycles. The van der Waals surface area contributed by atoms with Crippen molar-refractivity contribution in [3.8, 4) is 34.5 Å². The molecule has 0 unspecified atom stereocenters. The van der Waals surface area contributed by atoms with Crippen molar-refractivity contribution < 1.29 is 14.6 Å². The SMILES string of the molecule is CCOc1ccc(-c2nc3c(c(=O)[nH]2)Cc2ccccc2O3)cc1O. The number of rotatable bonds is 3. The van der Waals surface area contributed by atoms with Crippen molar-refractivity contribution in [1.82, 2.24) is 9.97 Å². The molecule has 3 aromatic rings. The fourth-order valence-corrected chi connectivity index (χ4v) is 2.84. The van der Waals surface area contributed by atoms with Gasteiger partial charge >= 0.3 is 0 Å². The van der Waals surface area contributed by atoms with Crippen LogP contribution in [0.4, 0.5) is 0 Å². The zero-order valence-electron chi connectivity index (χ0n) is 13.6. The standard InChI is InChI=1S/C19H16N2O4/c1-2-24-16-8-7-12(10-14(16)22)17-20-18(23)13-9-11-5-3-4-6-15(11)25-19(13)21-17/h3-8,10,22H,2,9H2,1H3,(H,20,21,23). The molecular formula is C19H16N2O4. The van der Waals surface area contributed by atoms with Crippen molar-refractivity contribution in [3.63, 3.8) is 0 Å². The number of nitrogens with zero attached hydrogens (tertiary/aromatic N) is 1. The third-order valence-corrected chi connectivity index (χ3v) is 4.06. The first-order valence-electron chi connectivity index (χ1n) is 8.01. The number of nitrogens with one attached hydrogen (secondary N) is 1. The van der Waals surface area contributed by atoms with E-state index in [0.717, 1.165) is 5.56 Å². The summed E-state index contributed by atoms with van der Waals surface area (Å²) in [5.41, 5.74) is 1.78. The van der Waals surface area contributed by atoms with E-state index in [-0.39, 0.29) is 11.3 Å². The Morgan fingerprint density at radius 3 is 2.92 bits per heavy atom. The molecule has 0 fully saturated rings. The number of ether oxygens (including phenoxy) is 2. The molecule has 0 radical (unpaired) electrons. The molecule has 1 aliphatic heterocycles. The molecule has 0 atom stereocenters. The molecule has 2 N–H and O–H groups in total. The predicted molar refractivity (Wildman–Crippen MR) is 92.4 cm³/mol. The van der Waals surface area contributed by atoms with Gasteiger partial charge in [-0.3, -0.25) is 4.79 Å². The molecule has 2 aromatic carbocycles. The molecule has 1 aromatic heterocycles. The van der Waals surface area contributed by atoms with Crippen molar-refractivity contribution in [2.75, 3.05) is 6.61 Å². The van der Waals surface area contributed by atoms with Crippen molar-refractivity contribution in [2.45, 2.75) is 13.3 Å². The smallest absolute Gasteiger partial charge is 0.258 e. The minimum atomic E-state index is -0.247. The summed E-state index contributed by atoms with van der Waals surface area (Å²) in [5, 5.41) is 10.0. The molecule has 0 amide bonds. The molecule has 0 saturated carbocycles. The number of aromatic amines is 1. The Bertz CT molecular complexity index is 1010. The highest BCUT2D eigenvalue weighted by Crippen LogP contribution is 2.35. The van der Waals surface area contributed by atoms with Crippen LogP contribution in [-0.2, 0) is 6.42 Å². The van der Waals surface area contributed by atoms with E-state index in [1.54, 1.807) is 12.1 Å². The van der Waals surface area contributed by atoms with Gasteiger partial charge in [0.2, 0.25) is 5.88 Å². The molecule has 0 spiro atoms. The number of aromatic hydroxyl groups is 1. The number of aromatic nitrogens is 2. The number of phenols is 1. The van der Waals surface area contributed by atoms with Crippen LogP contribution in [0.15, 0.2) is 47.3 Å². The first-order chi connectivity index (χ1) is 12.2. The van der Waals surface area contributed by atoms with Gasteiger partial charge in [0.15, 0.2) is 11.5 Å². The first-order valence-corrected chi connectivity index (χ1v) is 8.01. The maximum Gasteiger partial charge on any atom is 0.258 e. The van der Waals surface area contributed by atoms with E-state index < -0.39 is 0 Å². The van der Waals surface area contributed by atoms with Crippen LogP contribution in [0.1, 0.15) is 18.1 Å². The van der Waals surface area contributed by atoms with Crippen LogP contribution in [-0.4, -0.2) is 21.7 Å². The number of hydrogen-bond acceptors (Lipinski definition) is 5. The van der Waals surface area contributed by atoms with E-state index in [1.807, 2.05) is 31.2 Å². The van der Waals surface area contributed by atoms with Gasteiger partial charge < -0.3 is 19.6 Å². The summed E-state index contributed by atoms with van der Waals surface area (Å²) < 4.78 is 11.1. The van der Waals surface area contributed by atoms with Crippen LogP contribution in [0, 0.1) is 0 Å². The van der Waals surface area contributed by atoms with Crippen molar-refractivity contribution >= 4 is 0 Å². The number of phenolic OH excluding ortho intramolecular Hbond substituents is 1. The lowest BCUT2D eigenvalue weighted by Crippen LogP contribution is -2.20. The largest absolute Gasteiger partial charge is 0.504 e. The van der Waals surface area contributed by atoms with Gasteiger partial charge in [-0.2, -0.15) is 4.98 Å². The Hall–Kier alpha value is -3.28. The molecule has 1 aliphatic rings. The second kappa shape index (κ2) is 5.98. The summed E-state index contributed by atoms with van der Waals surface area (Å²) in [6, 6.07) is 12.4. The van der Waals surface area contributed by atoms with Crippen LogP contribution >= 0.6 is 0 Å². The van der Waals surface area contributed by atoms with Gasteiger partial charge in [-0.25, -0.2) is 0 Å². The molecule has 0 bridgehead atoms.